The first kappa shape index (κ1) is 22.3. The van der Waals surface area contributed by atoms with Crippen LogP contribution in [0.2, 0.25) is 0 Å². The topological polar surface area (TPSA) is 43.4 Å². The highest BCUT2D eigenvalue weighted by Gasteiger charge is 2.31. The van der Waals surface area contributed by atoms with E-state index in [1.807, 2.05) is 0 Å². The summed E-state index contributed by atoms with van der Waals surface area (Å²) in [5, 5.41) is -0.246. The number of hydrogen-bond donors (Lipinski definition) is 0. The molecule has 0 saturated heterocycles. The van der Waals surface area contributed by atoms with E-state index in [-0.39, 0.29) is 5.25 Å². The minimum absolute atomic E-state index is 0.246. The Morgan fingerprint density at radius 2 is 1.59 bits per heavy atom. The van der Waals surface area contributed by atoms with Crippen molar-refractivity contribution in [1.29, 1.82) is 0 Å². The molecule has 1 aliphatic carbocycles. The van der Waals surface area contributed by atoms with Gasteiger partial charge in [-0.2, -0.15) is 0 Å². The van der Waals surface area contributed by atoms with Crippen LogP contribution in [0.25, 0.3) is 0 Å². The first-order chi connectivity index (χ1) is 12.8. The van der Waals surface area contributed by atoms with E-state index in [1.165, 1.54) is 18.4 Å². The van der Waals surface area contributed by atoms with Gasteiger partial charge in [-0.25, -0.2) is 8.42 Å². The SMILES string of the molecule is CC1CCC(Oc2ccc(CCCCCCCS(=O)(=O)C(C)C)cc2)C1C. The fourth-order valence-corrected chi connectivity index (χ4v) is 4.87. The molecule has 154 valence electrons. The minimum atomic E-state index is -2.87. The van der Waals surface area contributed by atoms with Crippen molar-refractivity contribution in [1.82, 2.24) is 0 Å². The molecule has 27 heavy (non-hydrogen) atoms. The van der Waals surface area contributed by atoms with Crippen molar-refractivity contribution in [2.45, 2.75) is 90.4 Å². The summed E-state index contributed by atoms with van der Waals surface area (Å²) in [6.45, 7) is 8.15. The Morgan fingerprint density at radius 1 is 0.963 bits per heavy atom. The molecule has 3 unspecified atom stereocenters. The van der Waals surface area contributed by atoms with Crippen molar-refractivity contribution in [2.24, 2.45) is 11.8 Å². The smallest absolute Gasteiger partial charge is 0.152 e. The molecule has 3 atom stereocenters. The van der Waals surface area contributed by atoms with Crippen LogP contribution in [0.1, 0.15) is 78.2 Å². The molecular weight excluding hydrogens is 356 g/mol. The van der Waals surface area contributed by atoms with Gasteiger partial charge in [0.1, 0.15) is 11.9 Å². The van der Waals surface area contributed by atoms with Gasteiger partial charge in [-0.1, -0.05) is 45.2 Å². The van der Waals surface area contributed by atoms with Crippen molar-refractivity contribution >= 4 is 9.84 Å². The van der Waals surface area contributed by atoms with Crippen LogP contribution in [-0.4, -0.2) is 25.5 Å². The molecule has 1 aromatic carbocycles. The van der Waals surface area contributed by atoms with Crippen LogP contribution in [-0.2, 0) is 16.3 Å². The van der Waals surface area contributed by atoms with E-state index in [4.69, 9.17) is 4.74 Å². The molecule has 0 radical (unpaired) electrons. The van der Waals surface area contributed by atoms with Crippen LogP contribution >= 0.6 is 0 Å². The van der Waals surface area contributed by atoms with E-state index in [0.717, 1.165) is 50.2 Å². The highest BCUT2D eigenvalue weighted by molar-refractivity contribution is 7.91. The van der Waals surface area contributed by atoms with E-state index in [1.54, 1.807) is 13.8 Å². The average Bonchev–Trinajstić information content (AvgIpc) is 2.94. The lowest BCUT2D eigenvalue weighted by atomic mass is 9.99. The standard InChI is InChI=1S/C23H38O3S/c1-18(2)27(24,25)17-9-7-5-6-8-10-21-12-14-22(15-13-21)26-23-16-11-19(3)20(23)4/h12-15,18-20,23H,5-11,16-17H2,1-4H3. The molecule has 0 aliphatic heterocycles. The second-order valence-electron chi connectivity index (χ2n) is 8.65. The van der Waals surface area contributed by atoms with Gasteiger partial charge in [0.05, 0.1) is 11.0 Å². The molecule has 3 nitrogen and oxygen atoms in total. The molecule has 0 bridgehead atoms. The summed E-state index contributed by atoms with van der Waals surface area (Å²) < 4.78 is 29.7. The summed E-state index contributed by atoms with van der Waals surface area (Å²) in [5.41, 5.74) is 1.36. The molecule has 0 aromatic heterocycles. The number of benzene rings is 1. The Labute approximate surface area is 166 Å². The van der Waals surface area contributed by atoms with E-state index in [0.29, 0.717) is 17.8 Å². The third kappa shape index (κ3) is 7.14. The molecule has 1 fully saturated rings. The highest BCUT2D eigenvalue weighted by atomic mass is 32.2. The number of hydrogen-bond acceptors (Lipinski definition) is 3. The van der Waals surface area contributed by atoms with E-state index >= 15 is 0 Å². The molecule has 1 saturated carbocycles. The maximum Gasteiger partial charge on any atom is 0.152 e. The van der Waals surface area contributed by atoms with Crippen LogP contribution in [0.3, 0.4) is 0 Å². The zero-order valence-electron chi connectivity index (χ0n) is 17.6. The van der Waals surface area contributed by atoms with Crippen molar-refractivity contribution in [2.75, 3.05) is 5.75 Å². The summed E-state index contributed by atoms with van der Waals surface area (Å²) in [6.07, 6.45) is 9.14. The summed E-state index contributed by atoms with van der Waals surface area (Å²) in [6, 6.07) is 8.60. The van der Waals surface area contributed by atoms with Crippen LogP contribution in [0.4, 0.5) is 0 Å². The fourth-order valence-electron chi connectivity index (χ4n) is 3.79. The van der Waals surface area contributed by atoms with Gasteiger partial charge in [0, 0.05) is 0 Å². The maximum atomic E-state index is 11.8. The van der Waals surface area contributed by atoms with Gasteiger partial charge in [0.25, 0.3) is 0 Å². The predicted molar refractivity (Wildman–Crippen MR) is 114 cm³/mol. The number of aryl methyl sites for hydroxylation is 1. The largest absolute Gasteiger partial charge is 0.490 e. The summed E-state index contributed by atoms with van der Waals surface area (Å²) in [5.74, 6) is 2.74. The second kappa shape index (κ2) is 10.5. The van der Waals surface area contributed by atoms with Gasteiger partial charge in [-0.05, 0) is 75.5 Å². The molecule has 0 heterocycles. The van der Waals surface area contributed by atoms with Gasteiger partial charge in [0.2, 0.25) is 0 Å². The lowest BCUT2D eigenvalue weighted by molar-refractivity contribution is 0.155. The van der Waals surface area contributed by atoms with Crippen molar-refractivity contribution in [3.8, 4) is 5.75 Å². The molecule has 1 aliphatic rings. The molecule has 0 amide bonds. The van der Waals surface area contributed by atoms with Crippen LogP contribution in [0, 0.1) is 11.8 Å². The number of ether oxygens (including phenoxy) is 1. The minimum Gasteiger partial charge on any atom is -0.490 e. The number of rotatable bonds is 11. The molecule has 1 aromatic rings. The lowest BCUT2D eigenvalue weighted by Crippen LogP contribution is -2.21. The average molecular weight is 395 g/mol. The number of unbranched alkanes of at least 4 members (excludes halogenated alkanes) is 4. The summed E-state index contributed by atoms with van der Waals surface area (Å²) in [7, 11) is -2.87. The lowest BCUT2D eigenvalue weighted by Gasteiger charge is -2.20. The summed E-state index contributed by atoms with van der Waals surface area (Å²) in [4.78, 5) is 0. The Bertz CT molecular complexity index is 649. The quantitative estimate of drug-likeness (QED) is 0.444. The Kier molecular flexibility index (Phi) is 8.65. The van der Waals surface area contributed by atoms with Crippen LogP contribution in [0.15, 0.2) is 24.3 Å². The Hall–Kier alpha value is -1.03. The zero-order valence-corrected chi connectivity index (χ0v) is 18.4. The Balaban J connectivity index is 1.60. The zero-order chi connectivity index (χ0) is 19.9. The highest BCUT2D eigenvalue weighted by Crippen LogP contribution is 2.34. The van der Waals surface area contributed by atoms with Crippen LogP contribution in [0.5, 0.6) is 5.75 Å². The molecule has 0 spiro atoms. The van der Waals surface area contributed by atoms with E-state index < -0.39 is 9.84 Å². The molecule has 2 rings (SSSR count). The van der Waals surface area contributed by atoms with Crippen molar-refractivity contribution < 1.29 is 13.2 Å². The first-order valence-electron chi connectivity index (χ1n) is 10.8. The second-order valence-corrected chi connectivity index (χ2v) is 11.3. The van der Waals surface area contributed by atoms with E-state index in [2.05, 4.69) is 38.1 Å². The molecule has 0 N–H and O–H groups in total. The molecule has 4 heteroatoms. The van der Waals surface area contributed by atoms with Crippen LogP contribution < -0.4 is 4.74 Å². The first-order valence-corrected chi connectivity index (χ1v) is 12.5. The fraction of sp³-hybridized carbons (Fsp3) is 0.739. The third-order valence-corrected chi connectivity index (χ3v) is 8.51. The third-order valence-electron chi connectivity index (χ3n) is 6.21. The van der Waals surface area contributed by atoms with Crippen molar-refractivity contribution in [3.63, 3.8) is 0 Å². The predicted octanol–water partition coefficient (Wildman–Crippen LogP) is 5.82. The maximum absolute atomic E-state index is 11.8. The Morgan fingerprint density at radius 3 is 2.19 bits per heavy atom. The molecular formula is C23H38O3S. The summed E-state index contributed by atoms with van der Waals surface area (Å²) >= 11 is 0. The van der Waals surface area contributed by atoms with Gasteiger partial charge in [-0.15, -0.1) is 0 Å². The van der Waals surface area contributed by atoms with Gasteiger partial charge < -0.3 is 4.74 Å². The van der Waals surface area contributed by atoms with Gasteiger partial charge >= 0.3 is 0 Å². The van der Waals surface area contributed by atoms with Crippen molar-refractivity contribution in [3.05, 3.63) is 29.8 Å². The van der Waals surface area contributed by atoms with Gasteiger partial charge in [0.15, 0.2) is 9.84 Å². The monoisotopic (exact) mass is 394 g/mol. The normalized spacial score (nSPS) is 23.1. The van der Waals surface area contributed by atoms with Gasteiger partial charge in [-0.3, -0.25) is 0 Å². The number of sulfone groups is 1. The van der Waals surface area contributed by atoms with E-state index in [9.17, 15) is 8.42 Å².